The normalized spacial score (nSPS) is 14.2. The van der Waals surface area contributed by atoms with Crippen LogP contribution >= 0.6 is 11.3 Å². The number of rotatable bonds is 7. The predicted molar refractivity (Wildman–Crippen MR) is 89.5 cm³/mol. The summed E-state index contributed by atoms with van der Waals surface area (Å²) in [6, 6.07) is 0.546. The van der Waals surface area contributed by atoms with Crippen LogP contribution in [0.1, 0.15) is 50.9 Å². The minimum absolute atomic E-state index is 0.157. The van der Waals surface area contributed by atoms with E-state index in [1.807, 2.05) is 17.5 Å². The van der Waals surface area contributed by atoms with E-state index < -0.39 is 0 Å². The SMILES string of the molecule is CC(C)CC(CN(C)C)NCc1cnc(C(C)(C)C)s1. The van der Waals surface area contributed by atoms with E-state index >= 15 is 0 Å². The zero-order valence-corrected chi connectivity index (χ0v) is 15.0. The number of aromatic nitrogens is 1. The highest BCUT2D eigenvalue weighted by Gasteiger charge is 2.18. The largest absolute Gasteiger partial charge is 0.308 e. The van der Waals surface area contributed by atoms with E-state index in [0.717, 1.165) is 19.0 Å². The maximum absolute atomic E-state index is 4.56. The predicted octanol–water partition coefficient (Wildman–Crippen LogP) is 3.51. The van der Waals surface area contributed by atoms with Gasteiger partial charge in [0.2, 0.25) is 0 Å². The van der Waals surface area contributed by atoms with Crippen molar-refractivity contribution in [3.63, 3.8) is 0 Å². The van der Waals surface area contributed by atoms with Gasteiger partial charge in [-0.25, -0.2) is 4.98 Å². The van der Waals surface area contributed by atoms with Crippen LogP contribution in [0.5, 0.6) is 0 Å². The third-order valence-corrected chi connectivity index (χ3v) is 4.52. The van der Waals surface area contributed by atoms with Crippen molar-refractivity contribution in [3.05, 3.63) is 16.1 Å². The summed E-state index contributed by atoms with van der Waals surface area (Å²) in [4.78, 5) is 8.15. The molecule has 0 aliphatic carbocycles. The lowest BCUT2D eigenvalue weighted by molar-refractivity contribution is 0.305. The molecule has 20 heavy (non-hydrogen) atoms. The van der Waals surface area contributed by atoms with Crippen LogP contribution in [0.3, 0.4) is 0 Å². The topological polar surface area (TPSA) is 28.2 Å². The number of hydrogen-bond acceptors (Lipinski definition) is 4. The first-order valence-electron chi connectivity index (χ1n) is 7.51. The van der Waals surface area contributed by atoms with Gasteiger partial charge in [0, 0.05) is 35.6 Å². The summed E-state index contributed by atoms with van der Waals surface area (Å²) in [5.74, 6) is 0.721. The van der Waals surface area contributed by atoms with Gasteiger partial charge >= 0.3 is 0 Å². The monoisotopic (exact) mass is 297 g/mol. The summed E-state index contributed by atoms with van der Waals surface area (Å²) >= 11 is 1.83. The van der Waals surface area contributed by atoms with Gasteiger partial charge < -0.3 is 10.2 Å². The molecule has 0 spiro atoms. The molecule has 116 valence electrons. The van der Waals surface area contributed by atoms with Crippen molar-refractivity contribution in [2.45, 2.75) is 59.0 Å². The van der Waals surface area contributed by atoms with E-state index in [0.29, 0.717) is 6.04 Å². The Hall–Kier alpha value is -0.450. The Labute approximate surface area is 128 Å². The van der Waals surface area contributed by atoms with Gasteiger partial charge in [-0.15, -0.1) is 11.3 Å². The van der Waals surface area contributed by atoms with Crippen LogP contribution in [0.2, 0.25) is 0 Å². The molecule has 0 aliphatic heterocycles. The Morgan fingerprint density at radius 1 is 1.30 bits per heavy atom. The summed E-state index contributed by atoms with van der Waals surface area (Å²) < 4.78 is 0. The second-order valence-electron chi connectivity index (χ2n) is 7.35. The van der Waals surface area contributed by atoms with Gasteiger partial charge in [0.1, 0.15) is 0 Å². The van der Waals surface area contributed by atoms with E-state index in [-0.39, 0.29) is 5.41 Å². The van der Waals surface area contributed by atoms with Gasteiger partial charge in [0.05, 0.1) is 5.01 Å². The fraction of sp³-hybridized carbons (Fsp3) is 0.812. The van der Waals surface area contributed by atoms with Gasteiger partial charge in [0.15, 0.2) is 0 Å². The second kappa shape index (κ2) is 7.53. The Bertz CT molecular complexity index is 381. The van der Waals surface area contributed by atoms with Crippen LogP contribution < -0.4 is 5.32 Å². The molecule has 1 rings (SSSR count). The van der Waals surface area contributed by atoms with Crippen molar-refractivity contribution in [1.82, 2.24) is 15.2 Å². The van der Waals surface area contributed by atoms with Crippen molar-refractivity contribution in [2.24, 2.45) is 5.92 Å². The summed E-state index contributed by atoms with van der Waals surface area (Å²) in [5.41, 5.74) is 0.157. The van der Waals surface area contributed by atoms with E-state index in [2.05, 4.69) is 63.9 Å². The first kappa shape index (κ1) is 17.6. The number of hydrogen-bond donors (Lipinski definition) is 1. The lowest BCUT2D eigenvalue weighted by Gasteiger charge is -2.23. The van der Waals surface area contributed by atoms with Crippen LogP contribution in [0.15, 0.2) is 6.20 Å². The molecular weight excluding hydrogens is 266 g/mol. The second-order valence-corrected chi connectivity index (χ2v) is 8.47. The Morgan fingerprint density at radius 2 is 1.95 bits per heavy atom. The van der Waals surface area contributed by atoms with E-state index in [1.165, 1.54) is 16.3 Å². The Balaban J connectivity index is 2.56. The van der Waals surface area contributed by atoms with Gasteiger partial charge in [0.25, 0.3) is 0 Å². The van der Waals surface area contributed by atoms with Crippen molar-refractivity contribution in [3.8, 4) is 0 Å². The van der Waals surface area contributed by atoms with E-state index in [9.17, 15) is 0 Å². The first-order chi connectivity index (χ1) is 9.18. The van der Waals surface area contributed by atoms with Crippen molar-refractivity contribution in [2.75, 3.05) is 20.6 Å². The fourth-order valence-electron chi connectivity index (χ4n) is 2.21. The highest BCUT2D eigenvalue weighted by atomic mass is 32.1. The third-order valence-electron chi connectivity index (χ3n) is 3.10. The van der Waals surface area contributed by atoms with Crippen molar-refractivity contribution in [1.29, 1.82) is 0 Å². The van der Waals surface area contributed by atoms with Crippen LogP contribution in [0.25, 0.3) is 0 Å². The number of thiazole rings is 1. The van der Waals surface area contributed by atoms with Crippen LogP contribution in [-0.4, -0.2) is 36.6 Å². The molecule has 3 nitrogen and oxygen atoms in total. The summed E-state index contributed by atoms with van der Waals surface area (Å²) in [6.07, 6.45) is 3.24. The van der Waals surface area contributed by atoms with Crippen molar-refractivity contribution >= 4 is 11.3 Å². The summed E-state index contributed by atoms with van der Waals surface area (Å²) in [5, 5.41) is 4.92. The molecule has 1 aromatic heterocycles. The molecule has 1 heterocycles. The molecule has 1 unspecified atom stereocenters. The van der Waals surface area contributed by atoms with Crippen LogP contribution in [0, 0.1) is 5.92 Å². The number of likely N-dealkylation sites (N-methyl/N-ethyl adjacent to an activating group) is 1. The third kappa shape index (κ3) is 6.33. The molecule has 0 aromatic carbocycles. The maximum atomic E-state index is 4.56. The smallest absolute Gasteiger partial charge is 0.0981 e. The van der Waals surface area contributed by atoms with E-state index in [4.69, 9.17) is 0 Å². The minimum Gasteiger partial charge on any atom is -0.308 e. The molecule has 0 saturated carbocycles. The molecule has 1 N–H and O–H groups in total. The van der Waals surface area contributed by atoms with Crippen LogP contribution in [-0.2, 0) is 12.0 Å². The first-order valence-corrected chi connectivity index (χ1v) is 8.33. The highest BCUT2D eigenvalue weighted by Crippen LogP contribution is 2.26. The molecule has 0 bridgehead atoms. The van der Waals surface area contributed by atoms with Gasteiger partial charge in [-0.05, 0) is 26.4 Å². The number of nitrogens with one attached hydrogen (secondary N) is 1. The zero-order valence-electron chi connectivity index (χ0n) is 14.2. The molecule has 0 aliphatic rings. The Kier molecular flexibility index (Phi) is 6.62. The average Bonchev–Trinajstić information content (AvgIpc) is 2.72. The highest BCUT2D eigenvalue weighted by molar-refractivity contribution is 7.11. The minimum atomic E-state index is 0.157. The molecule has 0 fully saturated rings. The van der Waals surface area contributed by atoms with Gasteiger partial charge in [-0.3, -0.25) is 0 Å². The molecule has 0 radical (unpaired) electrons. The van der Waals surface area contributed by atoms with Gasteiger partial charge in [-0.2, -0.15) is 0 Å². The fourth-order valence-corrected chi connectivity index (χ4v) is 3.13. The average molecular weight is 298 g/mol. The maximum Gasteiger partial charge on any atom is 0.0981 e. The number of nitrogens with zero attached hydrogens (tertiary/aromatic N) is 2. The summed E-state index contributed by atoms with van der Waals surface area (Å²) in [7, 11) is 4.28. The lowest BCUT2D eigenvalue weighted by Crippen LogP contribution is -2.38. The molecule has 1 aromatic rings. The van der Waals surface area contributed by atoms with Crippen molar-refractivity contribution < 1.29 is 0 Å². The van der Waals surface area contributed by atoms with E-state index in [1.54, 1.807) is 0 Å². The molecule has 0 amide bonds. The van der Waals surface area contributed by atoms with Crippen LogP contribution in [0.4, 0.5) is 0 Å². The Morgan fingerprint density at radius 3 is 2.40 bits per heavy atom. The zero-order chi connectivity index (χ0) is 15.3. The standard InChI is InChI=1S/C16H31N3S/c1-12(2)8-13(11-19(6)7)17-9-14-10-18-15(20-14)16(3,4)5/h10,12-13,17H,8-9,11H2,1-7H3. The molecular formula is C16H31N3S. The quantitative estimate of drug-likeness (QED) is 0.835. The van der Waals surface area contributed by atoms with Gasteiger partial charge in [-0.1, -0.05) is 34.6 Å². The summed E-state index contributed by atoms with van der Waals surface area (Å²) in [6.45, 7) is 13.2. The molecule has 1 atom stereocenters. The lowest BCUT2D eigenvalue weighted by atomic mass is 9.98. The molecule has 0 saturated heterocycles. The molecule has 4 heteroatoms.